The third kappa shape index (κ3) is 0.953. The molecular weight excluding hydrogens is 160 g/mol. The molecule has 2 aliphatic heterocycles. The van der Waals surface area contributed by atoms with Gasteiger partial charge in [-0.25, -0.2) is 0 Å². The summed E-state index contributed by atoms with van der Waals surface area (Å²) in [7, 11) is 2.25. The Morgan fingerprint density at radius 1 is 1.46 bits per heavy atom. The molecular formula is C11H14N2. The first-order valence-electron chi connectivity index (χ1n) is 5.02. The third-order valence-electron chi connectivity index (χ3n) is 3.55. The molecule has 0 N–H and O–H groups in total. The second-order valence-corrected chi connectivity index (χ2v) is 4.16. The predicted molar refractivity (Wildman–Crippen MR) is 51.5 cm³/mol. The summed E-state index contributed by atoms with van der Waals surface area (Å²) in [6.45, 7) is 0. The van der Waals surface area contributed by atoms with E-state index in [0.717, 1.165) is 12.5 Å². The van der Waals surface area contributed by atoms with Crippen LogP contribution in [0.4, 0.5) is 0 Å². The van der Waals surface area contributed by atoms with Gasteiger partial charge in [0.05, 0.1) is 0 Å². The van der Waals surface area contributed by atoms with Crippen LogP contribution < -0.4 is 0 Å². The molecule has 3 heterocycles. The maximum Gasteiger partial charge on any atom is 0.0467 e. The van der Waals surface area contributed by atoms with E-state index >= 15 is 0 Å². The number of likely N-dealkylation sites (N-methyl/N-ethyl adjacent to an activating group) is 1. The Labute approximate surface area is 78.6 Å². The van der Waals surface area contributed by atoms with Gasteiger partial charge in [-0.3, -0.25) is 9.88 Å². The summed E-state index contributed by atoms with van der Waals surface area (Å²) < 4.78 is 0. The van der Waals surface area contributed by atoms with Gasteiger partial charge in [0.2, 0.25) is 0 Å². The van der Waals surface area contributed by atoms with E-state index in [9.17, 15) is 0 Å². The highest BCUT2D eigenvalue weighted by molar-refractivity contribution is 5.29. The van der Waals surface area contributed by atoms with E-state index < -0.39 is 0 Å². The molecule has 0 unspecified atom stereocenters. The monoisotopic (exact) mass is 174 g/mol. The minimum absolute atomic E-state index is 0.655. The highest BCUT2D eigenvalue weighted by atomic mass is 15.2. The quantitative estimate of drug-likeness (QED) is 0.596. The molecule has 0 radical (unpaired) electrons. The summed E-state index contributed by atoms with van der Waals surface area (Å²) in [6, 6.07) is 5.71. The van der Waals surface area contributed by atoms with Crippen LogP contribution in [0.1, 0.15) is 30.1 Å². The van der Waals surface area contributed by atoms with E-state index in [1.165, 1.54) is 24.1 Å². The van der Waals surface area contributed by atoms with Crippen molar-refractivity contribution in [3.8, 4) is 0 Å². The Balaban J connectivity index is 2.12. The van der Waals surface area contributed by atoms with Crippen LogP contribution in [0.2, 0.25) is 0 Å². The second-order valence-electron chi connectivity index (χ2n) is 4.16. The van der Waals surface area contributed by atoms with Crippen LogP contribution >= 0.6 is 0 Å². The first-order chi connectivity index (χ1) is 6.36. The Morgan fingerprint density at radius 2 is 2.38 bits per heavy atom. The van der Waals surface area contributed by atoms with E-state index in [-0.39, 0.29) is 0 Å². The first-order valence-corrected chi connectivity index (χ1v) is 5.02. The number of fused-ring (bicyclic) bond motifs is 4. The van der Waals surface area contributed by atoms with Gasteiger partial charge < -0.3 is 0 Å². The van der Waals surface area contributed by atoms with Crippen molar-refractivity contribution in [3.05, 3.63) is 29.6 Å². The van der Waals surface area contributed by atoms with Gasteiger partial charge in [-0.2, -0.15) is 0 Å². The van der Waals surface area contributed by atoms with Gasteiger partial charge in [0, 0.05) is 30.4 Å². The largest absolute Gasteiger partial charge is 0.296 e. The molecule has 13 heavy (non-hydrogen) atoms. The van der Waals surface area contributed by atoms with Crippen LogP contribution in [0.15, 0.2) is 18.3 Å². The van der Waals surface area contributed by atoms with Crippen molar-refractivity contribution in [1.29, 1.82) is 0 Å². The Morgan fingerprint density at radius 3 is 3.31 bits per heavy atom. The summed E-state index contributed by atoms with van der Waals surface area (Å²) in [5.41, 5.74) is 2.81. The zero-order valence-electron chi connectivity index (χ0n) is 7.90. The van der Waals surface area contributed by atoms with E-state index in [4.69, 9.17) is 0 Å². The number of pyridine rings is 1. The van der Waals surface area contributed by atoms with Crippen LogP contribution in [0.5, 0.6) is 0 Å². The molecule has 2 atom stereocenters. The van der Waals surface area contributed by atoms with Gasteiger partial charge in [0.15, 0.2) is 0 Å². The molecule has 2 aliphatic rings. The molecule has 1 aromatic rings. The standard InChI is InChI=1S/C11H14N2/c1-13-8-4-5-11(13)9-3-2-6-12-10(9)7-8/h2-3,6,8,11H,4-5,7H2,1H3/t8-,11+/m0/s1. The number of aromatic nitrogens is 1. The Bertz CT molecular complexity index is 335. The topological polar surface area (TPSA) is 16.1 Å². The molecule has 2 bridgehead atoms. The minimum atomic E-state index is 0.655. The summed E-state index contributed by atoms with van der Waals surface area (Å²) in [5.74, 6) is 0. The number of nitrogens with zero attached hydrogens (tertiary/aromatic N) is 2. The smallest absolute Gasteiger partial charge is 0.0467 e. The van der Waals surface area contributed by atoms with Crippen LogP contribution in [-0.2, 0) is 6.42 Å². The fraction of sp³-hybridized carbons (Fsp3) is 0.545. The first kappa shape index (κ1) is 7.51. The van der Waals surface area contributed by atoms with Crippen molar-refractivity contribution in [1.82, 2.24) is 9.88 Å². The van der Waals surface area contributed by atoms with Crippen molar-refractivity contribution in [2.75, 3.05) is 7.05 Å². The lowest BCUT2D eigenvalue weighted by atomic mass is 9.99. The summed E-state index contributed by atoms with van der Waals surface area (Å²) in [5, 5.41) is 0. The molecule has 0 amide bonds. The summed E-state index contributed by atoms with van der Waals surface area (Å²) in [4.78, 5) is 6.99. The molecule has 0 saturated carbocycles. The maximum atomic E-state index is 4.47. The van der Waals surface area contributed by atoms with Gasteiger partial charge in [-0.1, -0.05) is 6.07 Å². The van der Waals surface area contributed by atoms with Crippen LogP contribution in [0.3, 0.4) is 0 Å². The number of hydrogen-bond acceptors (Lipinski definition) is 2. The van der Waals surface area contributed by atoms with Gasteiger partial charge in [-0.15, -0.1) is 0 Å². The van der Waals surface area contributed by atoms with E-state index in [0.29, 0.717) is 6.04 Å². The zero-order valence-corrected chi connectivity index (χ0v) is 7.90. The number of hydrogen-bond donors (Lipinski definition) is 0. The highest BCUT2D eigenvalue weighted by Gasteiger charge is 2.37. The van der Waals surface area contributed by atoms with Gasteiger partial charge >= 0.3 is 0 Å². The second kappa shape index (κ2) is 2.55. The molecule has 2 heteroatoms. The van der Waals surface area contributed by atoms with Crippen LogP contribution in [0.25, 0.3) is 0 Å². The highest BCUT2D eigenvalue weighted by Crippen LogP contribution is 2.41. The predicted octanol–water partition coefficient (Wildman–Crippen LogP) is 1.77. The zero-order chi connectivity index (χ0) is 8.84. The summed E-state index contributed by atoms with van der Waals surface area (Å²) >= 11 is 0. The van der Waals surface area contributed by atoms with Crippen LogP contribution in [0, 0.1) is 0 Å². The lowest BCUT2D eigenvalue weighted by Crippen LogP contribution is -2.34. The molecule has 2 nitrogen and oxygen atoms in total. The molecule has 1 fully saturated rings. The lowest BCUT2D eigenvalue weighted by Gasteiger charge is -2.32. The molecule has 3 rings (SSSR count). The molecule has 1 saturated heterocycles. The van der Waals surface area contributed by atoms with Crippen molar-refractivity contribution >= 4 is 0 Å². The maximum absolute atomic E-state index is 4.47. The normalized spacial score (nSPS) is 31.8. The molecule has 0 spiro atoms. The van der Waals surface area contributed by atoms with E-state index in [1.807, 2.05) is 6.20 Å². The van der Waals surface area contributed by atoms with E-state index in [1.54, 1.807) is 0 Å². The van der Waals surface area contributed by atoms with Crippen molar-refractivity contribution in [3.63, 3.8) is 0 Å². The molecule has 68 valence electrons. The molecule has 0 aromatic carbocycles. The van der Waals surface area contributed by atoms with Gasteiger partial charge in [0.1, 0.15) is 0 Å². The lowest BCUT2D eigenvalue weighted by molar-refractivity contribution is 0.222. The fourth-order valence-corrected chi connectivity index (χ4v) is 2.78. The molecule has 1 aromatic heterocycles. The van der Waals surface area contributed by atoms with E-state index in [2.05, 4.69) is 29.1 Å². The Kier molecular flexibility index (Phi) is 1.47. The van der Waals surface area contributed by atoms with Gasteiger partial charge in [0.25, 0.3) is 0 Å². The van der Waals surface area contributed by atoms with Crippen molar-refractivity contribution < 1.29 is 0 Å². The van der Waals surface area contributed by atoms with Crippen molar-refractivity contribution in [2.45, 2.75) is 31.3 Å². The average Bonchev–Trinajstić information content (AvgIpc) is 2.43. The van der Waals surface area contributed by atoms with Gasteiger partial charge in [-0.05, 0) is 31.5 Å². The number of rotatable bonds is 0. The minimum Gasteiger partial charge on any atom is -0.296 e. The fourth-order valence-electron chi connectivity index (χ4n) is 2.78. The average molecular weight is 174 g/mol. The third-order valence-corrected chi connectivity index (χ3v) is 3.55. The summed E-state index contributed by atoms with van der Waals surface area (Å²) in [6.07, 6.45) is 5.74. The van der Waals surface area contributed by atoms with Crippen LogP contribution in [-0.4, -0.2) is 23.0 Å². The molecule has 0 aliphatic carbocycles. The SMILES string of the molecule is CN1[C@H]2CC[C@@H]1c1cccnc1C2. The van der Waals surface area contributed by atoms with Crippen molar-refractivity contribution in [2.24, 2.45) is 0 Å². The Hall–Kier alpha value is -0.890.